The number of benzene rings is 8. The van der Waals surface area contributed by atoms with Crippen LogP contribution in [-0.2, 0) is 65.9 Å². The fourth-order valence-electron chi connectivity index (χ4n) is 14.0. The van der Waals surface area contributed by atoms with Crippen molar-refractivity contribution in [2.75, 3.05) is 0 Å². The first-order valence-electron chi connectivity index (χ1n) is 29.2. The van der Waals surface area contributed by atoms with Crippen molar-refractivity contribution >= 4 is 36.3 Å². The van der Waals surface area contributed by atoms with Gasteiger partial charge in [-0.2, -0.15) is 0 Å². The van der Waals surface area contributed by atoms with E-state index in [4.69, 9.17) is 0 Å². The zero-order valence-electron chi connectivity index (χ0n) is 50.2. The van der Waals surface area contributed by atoms with Crippen LogP contribution in [0.25, 0.3) is 68.8 Å². The van der Waals surface area contributed by atoms with Crippen molar-refractivity contribution in [2.45, 2.75) is 93.3 Å². The van der Waals surface area contributed by atoms with Crippen LogP contribution >= 0.6 is 0 Å². The molecule has 4 unspecified atom stereocenters. The van der Waals surface area contributed by atoms with Gasteiger partial charge in [-0.3, -0.25) is 0 Å². The molecule has 0 saturated carbocycles. The largest absolute Gasteiger partial charge is 1.00 e. The van der Waals surface area contributed by atoms with Gasteiger partial charge < -0.3 is 24.8 Å². The second-order valence-corrected chi connectivity index (χ2v) is 80.0. The Hall–Kier alpha value is -5.37. The number of hydrogen-bond acceptors (Lipinski definition) is 0. The minimum atomic E-state index is -4.38. The predicted octanol–water partition coefficient (Wildman–Crippen LogP) is 16.6. The maximum absolute atomic E-state index is 13.2. The molecule has 0 bridgehead atoms. The van der Waals surface area contributed by atoms with Crippen LogP contribution in [0.3, 0.4) is 0 Å². The zero-order chi connectivity index (χ0) is 63.1. The van der Waals surface area contributed by atoms with Crippen molar-refractivity contribution in [3.8, 4) is 44.5 Å². The van der Waals surface area contributed by atoms with Gasteiger partial charge in [-0.1, -0.05) is 0 Å². The zero-order valence-corrected chi connectivity index (χ0v) is 61.2. The molecule has 90 heavy (non-hydrogen) atoms. The molecule has 12 rings (SSSR count). The van der Waals surface area contributed by atoms with Crippen molar-refractivity contribution in [1.82, 2.24) is 0 Å². The number of fused-ring (bicyclic) bond motifs is 4. The molecule has 0 aromatic heterocycles. The van der Waals surface area contributed by atoms with Gasteiger partial charge in [0.25, 0.3) is 0 Å². The smallest absolute Gasteiger partial charge is 1.00 e. The quantitative estimate of drug-likeness (QED) is 0.0946. The number of hydrogen-bond donors (Lipinski definition) is 0. The van der Waals surface area contributed by atoms with Crippen LogP contribution in [0.4, 0.5) is 52.7 Å². The molecule has 8 aromatic rings. The van der Waals surface area contributed by atoms with Crippen LogP contribution in [0, 0.1) is 0 Å². The van der Waals surface area contributed by atoms with Gasteiger partial charge >= 0.3 is 527 Å². The third kappa shape index (κ3) is 13.4. The fourth-order valence-corrected chi connectivity index (χ4v) is 79.8. The summed E-state index contributed by atoms with van der Waals surface area (Å²) < 4.78 is 160. The molecule has 464 valence electrons. The van der Waals surface area contributed by atoms with Crippen molar-refractivity contribution < 1.29 is 119 Å². The summed E-state index contributed by atoms with van der Waals surface area (Å²) in [5.41, 5.74) is 19.3. The molecule has 8 aromatic carbocycles. The van der Waals surface area contributed by atoms with Gasteiger partial charge in [0.2, 0.25) is 0 Å². The van der Waals surface area contributed by atoms with E-state index in [-0.39, 0.29) is 24.8 Å². The minimum Gasteiger partial charge on any atom is -1.00 e. The van der Waals surface area contributed by atoms with Gasteiger partial charge in [-0.05, 0) is 0 Å². The Balaban J connectivity index is 0.000000209. The Morgan fingerprint density at radius 1 is 0.278 bits per heavy atom. The molecule has 0 amide bonds. The topological polar surface area (TPSA) is 0 Å². The summed E-state index contributed by atoms with van der Waals surface area (Å²) in [7, 11) is 0. The maximum Gasteiger partial charge on any atom is -1.00 e. The molecule has 0 saturated heterocycles. The summed E-state index contributed by atoms with van der Waals surface area (Å²) in [4.78, 5) is 0. The average molecular weight is 1640 g/mol. The molecule has 18 heteroatoms. The molecule has 4 aliphatic carbocycles. The first-order valence-corrected chi connectivity index (χ1v) is 55.7. The maximum atomic E-state index is 13.2. The monoisotopic (exact) mass is 1640 g/mol. The van der Waals surface area contributed by atoms with Gasteiger partial charge in [0.15, 0.2) is 0 Å². The van der Waals surface area contributed by atoms with Crippen LogP contribution in [0.2, 0.25) is 26.2 Å². The van der Waals surface area contributed by atoms with E-state index in [9.17, 15) is 52.7 Å². The fraction of sp³-hybridized carbons (Fsp3) is 0.222. The summed E-state index contributed by atoms with van der Waals surface area (Å²) in [6.45, 7) is 18.6. The van der Waals surface area contributed by atoms with E-state index in [1.165, 1.54) is 44.5 Å². The van der Waals surface area contributed by atoms with E-state index in [0.717, 1.165) is 115 Å². The molecule has 0 spiro atoms. The first-order chi connectivity index (χ1) is 41.5. The van der Waals surface area contributed by atoms with Crippen LogP contribution in [-0.4, -0.2) is 12.0 Å². The van der Waals surface area contributed by atoms with Gasteiger partial charge in [0.1, 0.15) is 0 Å². The summed E-state index contributed by atoms with van der Waals surface area (Å²) in [5.74, 6) is -2.27. The number of alkyl halides is 12. The predicted molar refractivity (Wildman–Crippen MR) is 331 cm³/mol. The average Bonchev–Trinajstić information content (AvgIpc) is 1.61. The number of rotatable bonds is 10. The van der Waals surface area contributed by atoms with Crippen molar-refractivity contribution in [3.63, 3.8) is 0 Å². The van der Waals surface area contributed by atoms with Gasteiger partial charge in [0, 0.05) is 0 Å². The van der Waals surface area contributed by atoms with Crippen molar-refractivity contribution in [3.05, 3.63) is 259 Å². The summed E-state index contributed by atoms with van der Waals surface area (Å²) >= 11 is -5.21. The Morgan fingerprint density at radius 2 is 0.456 bits per heavy atom. The molecule has 4 aliphatic rings. The molecule has 0 fully saturated rings. The minimum absolute atomic E-state index is 0. The molecule has 0 N–H and O–H groups in total. The summed E-state index contributed by atoms with van der Waals surface area (Å²) in [5, 5.41) is 0. The molecule has 0 heterocycles. The standard InChI is InChI=1S/4C17H12F3.2C2H7Si.2ClH.2Hf/c4*1-11-9-13-3-2-4-15(16(13)10-11)12-5-7-14(8-6-12)17(18,19)20;2*1-3-2;;;;/h4*2-10H,1H3;2*3H,1-2H3;2*1H;;/q;;;;;;;;2*+1/p-2. The number of halogens is 14. The summed E-state index contributed by atoms with van der Waals surface area (Å²) in [6.07, 6.45) is -8.50. The van der Waals surface area contributed by atoms with Crippen molar-refractivity contribution in [2.24, 2.45) is 0 Å². The third-order valence-corrected chi connectivity index (χ3v) is 80.8. The SMILES string of the molecule is CC1=Cc2c(-c3ccc(C(F)(F)F)cc3)cccc2[CH]1[Hf+]([CH]1C(C)=Cc2c(-c3ccc(C(F)(F)F)cc3)cccc21)[SiH](C)C.CC1=Cc2c(-c3ccc(C(F)(F)F)cc3)cccc2[CH]1[Hf+]([CH]1C(C)=Cc2c(-c3ccc(C(F)(F)F)cc3)cccc21)[SiH](C)C.[Cl-].[Cl-]. The van der Waals surface area contributed by atoms with Crippen LogP contribution < -0.4 is 24.8 Å². The van der Waals surface area contributed by atoms with E-state index in [1.807, 2.05) is 48.5 Å². The van der Waals surface area contributed by atoms with E-state index in [1.54, 1.807) is 48.5 Å². The van der Waals surface area contributed by atoms with Gasteiger partial charge in [0.05, 0.1) is 0 Å². The van der Waals surface area contributed by atoms with E-state index in [0.29, 0.717) is 14.7 Å². The molecule has 0 radical (unpaired) electrons. The van der Waals surface area contributed by atoms with Crippen LogP contribution in [0.15, 0.2) is 192 Å². The first kappa shape index (κ1) is 69.0. The third-order valence-electron chi connectivity index (χ3n) is 17.9. The second kappa shape index (κ2) is 26.6. The molecular formula is C72H62Cl2F12Hf2Si2. The van der Waals surface area contributed by atoms with E-state index < -0.39 is 100 Å². The molecule has 0 nitrogen and oxygen atoms in total. The van der Waals surface area contributed by atoms with Gasteiger partial charge in [-0.15, -0.1) is 0 Å². The molecule has 0 aliphatic heterocycles. The Morgan fingerprint density at radius 3 is 0.611 bits per heavy atom. The molecule has 4 atom stereocenters. The Bertz CT molecular complexity index is 3580. The Labute approximate surface area is 547 Å². The normalized spacial score (nSPS) is 17.4. The van der Waals surface area contributed by atoms with Crippen molar-refractivity contribution in [1.29, 1.82) is 0 Å². The molecular weight excluding hydrogens is 1580 g/mol. The van der Waals surface area contributed by atoms with Crippen LogP contribution in [0.5, 0.6) is 0 Å². The number of allylic oxidation sites excluding steroid dienone is 4. The van der Waals surface area contributed by atoms with E-state index in [2.05, 4.69) is 102 Å². The van der Waals surface area contributed by atoms with Gasteiger partial charge in [-0.25, -0.2) is 0 Å². The van der Waals surface area contributed by atoms with E-state index >= 15 is 0 Å². The van der Waals surface area contributed by atoms with Crippen LogP contribution in [0.1, 0.15) is 109 Å². The second-order valence-electron chi connectivity index (χ2n) is 24.1. The Kier molecular flexibility index (Phi) is 20.4. The summed E-state index contributed by atoms with van der Waals surface area (Å²) in [6, 6.07) is 46.7.